The molecule has 0 bridgehead atoms. The lowest BCUT2D eigenvalue weighted by Gasteiger charge is -2.14. The standard InChI is InChI=1S/C15H20N2O2/c1-2-14(18)16-7-5-10-3-4-12-15(10)11-6-8-19-13(11)9-17-12/h9-10H,2-8H2,1H3,(H,16,18)/t10-/m0/s1. The molecule has 4 heteroatoms. The molecular weight excluding hydrogens is 240 g/mol. The summed E-state index contributed by atoms with van der Waals surface area (Å²) in [4.78, 5) is 15.8. The summed E-state index contributed by atoms with van der Waals surface area (Å²) in [6.45, 7) is 3.43. The van der Waals surface area contributed by atoms with E-state index in [1.807, 2.05) is 13.1 Å². The van der Waals surface area contributed by atoms with Gasteiger partial charge in [0.15, 0.2) is 0 Å². The van der Waals surface area contributed by atoms with Crippen molar-refractivity contribution in [2.75, 3.05) is 13.2 Å². The summed E-state index contributed by atoms with van der Waals surface area (Å²) in [5, 5.41) is 2.97. The van der Waals surface area contributed by atoms with Gasteiger partial charge in [-0.15, -0.1) is 0 Å². The molecular formula is C15H20N2O2. The Morgan fingerprint density at radius 3 is 3.26 bits per heavy atom. The van der Waals surface area contributed by atoms with E-state index < -0.39 is 0 Å². The number of nitrogens with one attached hydrogen (secondary N) is 1. The van der Waals surface area contributed by atoms with Crippen molar-refractivity contribution in [3.05, 3.63) is 23.0 Å². The number of aromatic nitrogens is 1. The predicted octanol–water partition coefficient (Wildman–Crippen LogP) is 1.96. The first kappa shape index (κ1) is 12.5. The van der Waals surface area contributed by atoms with Crippen molar-refractivity contribution in [1.82, 2.24) is 10.3 Å². The molecule has 4 nitrogen and oxygen atoms in total. The number of carbonyl (C=O) groups excluding carboxylic acids is 1. The van der Waals surface area contributed by atoms with E-state index in [4.69, 9.17) is 4.74 Å². The molecule has 3 rings (SSSR count). The lowest BCUT2D eigenvalue weighted by molar-refractivity contribution is -0.120. The highest BCUT2D eigenvalue weighted by Crippen LogP contribution is 2.41. The average Bonchev–Trinajstić information content (AvgIpc) is 3.03. The molecule has 0 saturated heterocycles. The van der Waals surface area contributed by atoms with Gasteiger partial charge < -0.3 is 10.1 Å². The van der Waals surface area contributed by atoms with Crippen molar-refractivity contribution in [1.29, 1.82) is 0 Å². The first-order valence-electron chi connectivity index (χ1n) is 7.19. The Kier molecular flexibility index (Phi) is 3.40. The van der Waals surface area contributed by atoms with Crippen LogP contribution >= 0.6 is 0 Å². The number of hydrogen-bond donors (Lipinski definition) is 1. The van der Waals surface area contributed by atoms with Crippen LogP contribution < -0.4 is 10.1 Å². The van der Waals surface area contributed by atoms with Crippen LogP contribution in [0.25, 0.3) is 0 Å². The molecule has 1 aromatic heterocycles. The minimum Gasteiger partial charge on any atom is -0.491 e. The van der Waals surface area contributed by atoms with Gasteiger partial charge in [-0.05, 0) is 30.7 Å². The van der Waals surface area contributed by atoms with Gasteiger partial charge in [-0.2, -0.15) is 0 Å². The molecule has 0 saturated carbocycles. The predicted molar refractivity (Wildman–Crippen MR) is 72.4 cm³/mol. The van der Waals surface area contributed by atoms with E-state index in [0.717, 1.165) is 44.6 Å². The zero-order valence-corrected chi connectivity index (χ0v) is 11.4. The summed E-state index contributed by atoms with van der Waals surface area (Å²) in [6, 6.07) is 0. The highest BCUT2D eigenvalue weighted by molar-refractivity contribution is 5.75. The SMILES string of the molecule is CCC(=O)NCC[C@@H]1CCc2ncc3c(c21)CCO3. The molecule has 1 N–H and O–H groups in total. The van der Waals surface area contributed by atoms with Gasteiger partial charge in [0.2, 0.25) is 5.91 Å². The molecule has 1 aromatic rings. The van der Waals surface area contributed by atoms with Gasteiger partial charge in [0, 0.05) is 30.6 Å². The van der Waals surface area contributed by atoms with Crippen molar-refractivity contribution < 1.29 is 9.53 Å². The van der Waals surface area contributed by atoms with Crippen molar-refractivity contribution >= 4 is 5.91 Å². The van der Waals surface area contributed by atoms with E-state index in [2.05, 4.69) is 10.3 Å². The van der Waals surface area contributed by atoms with Crippen LogP contribution in [-0.2, 0) is 17.6 Å². The van der Waals surface area contributed by atoms with Crippen LogP contribution in [0.1, 0.15) is 48.9 Å². The first-order valence-corrected chi connectivity index (χ1v) is 7.19. The van der Waals surface area contributed by atoms with Gasteiger partial charge in [0.25, 0.3) is 0 Å². The topological polar surface area (TPSA) is 51.2 Å². The number of hydrogen-bond acceptors (Lipinski definition) is 3. The van der Waals surface area contributed by atoms with Crippen LogP contribution in [0.5, 0.6) is 5.75 Å². The fourth-order valence-corrected chi connectivity index (χ4v) is 3.17. The van der Waals surface area contributed by atoms with Gasteiger partial charge >= 0.3 is 0 Å². The monoisotopic (exact) mass is 260 g/mol. The largest absolute Gasteiger partial charge is 0.491 e. The zero-order valence-electron chi connectivity index (χ0n) is 11.4. The Morgan fingerprint density at radius 1 is 1.53 bits per heavy atom. The molecule has 0 fully saturated rings. The molecule has 19 heavy (non-hydrogen) atoms. The van der Waals surface area contributed by atoms with Gasteiger partial charge in [-0.25, -0.2) is 0 Å². The molecule has 1 aliphatic heterocycles. The fourth-order valence-electron chi connectivity index (χ4n) is 3.17. The van der Waals surface area contributed by atoms with Gasteiger partial charge in [0.1, 0.15) is 5.75 Å². The Hall–Kier alpha value is -1.58. The minimum absolute atomic E-state index is 0.137. The van der Waals surface area contributed by atoms with Crippen molar-refractivity contribution in [3.8, 4) is 5.75 Å². The number of fused-ring (bicyclic) bond motifs is 3. The van der Waals surface area contributed by atoms with Crippen molar-refractivity contribution in [3.63, 3.8) is 0 Å². The molecule has 0 aromatic carbocycles. The van der Waals surface area contributed by atoms with E-state index in [9.17, 15) is 4.79 Å². The molecule has 0 radical (unpaired) electrons. The number of ether oxygens (including phenoxy) is 1. The Bertz CT molecular complexity index is 499. The second kappa shape index (κ2) is 5.19. The normalized spacial score (nSPS) is 19.7. The van der Waals surface area contributed by atoms with Crippen LogP contribution in [0.15, 0.2) is 6.20 Å². The number of nitrogens with zero attached hydrogens (tertiary/aromatic N) is 1. The van der Waals surface area contributed by atoms with Crippen LogP contribution in [0.3, 0.4) is 0 Å². The fraction of sp³-hybridized carbons (Fsp3) is 0.600. The molecule has 1 amide bonds. The number of aryl methyl sites for hydroxylation is 1. The van der Waals surface area contributed by atoms with Crippen molar-refractivity contribution in [2.45, 2.75) is 44.9 Å². The Balaban J connectivity index is 1.71. The summed E-state index contributed by atoms with van der Waals surface area (Å²) in [5.41, 5.74) is 4.03. The Morgan fingerprint density at radius 2 is 2.42 bits per heavy atom. The zero-order chi connectivity index (χ0) is 13.2. The average molecular weight is 260 g/mol. The van der Waals surface area contributed by atoms with Gasteiger partial charge in [-0.3, -0.25) is 9.78 Å². The molecule has 102 valence electrons. The lowest BCUT2D eigenvalue weighted by Crippen LogP contribution is -2.24. The maximum atomic E-state index is 11.3. The van der Waals surface area contributed by atoms with Crippen LogP contribution in [0.2, 0.25) is 0 Å². The second-order valence-electron chi connectivity index (χ2n) is 5.29. The minimum atomic E-state index is 0.137. The molecule has 2 heterocycles. The van der Waals surface area contributed by atoms with E-state index >= 15 is 0 Å². The maximum Gasteiger partial charge on any atom is 0.219 e. The summed E-state index contributed by atoms with van der Waals surface area (Å²) in [7, 11) is 0. The number of carbonyl (C=O) groups is 1. The number of rotatable bonds is 4. The van der Waals surface area contributed by atoms with Crippen LogP contribution in [0.4, 0.5) is 0 Å². The first-order chi connectivity index (χ1) is 9.29. The highest BCUT2D eigenvalue weighted by atomic mass is 16.5. The summed E-state index contributed by atoms with van der Waals surface area (Å²) < 4.78 is 5.60. The third kappa shape index (κ3) is 2.31. The molecule has 0 unspecified atom stereocenters. The van der Waals surface area contributed by atoms with Crippen molar-refractivity contribution in [2.24, 2.45) is 0 Å². The third-order valence-electron chi connectivity index (χ3n) is 4.15. The lowest BCUT2D eigenvalue weighted by atomic mass is 9.93. The van der Waals surface area contributed by atoms with E-state index in [-0.39, 0.29) is 5.91 Å². The van der Waals surface area contributed by atoms with E-state index in [1.54, 1.807) is 0 Å². The quantitative estimate of drug-likeness (QED) is 0.900. The second-order valence-corrected chi connectivity index (χ2v) is 5.29. The molecule has 1 atom stereocenters. The smallest absolute Gasteiger partial charge is 0.219 e. The molecule has 0 spiro atoms. The highest BCUT2D eigenvalue weighted by Gasteiger charge is 2.30. The van der Waals surface area contributed by atoms with E-state index in [1.165, 1.54) is 16.8 Å². The molecule has 1 aliphatic carbocycles. The Labute approximate surface area is 113 Å². The maximum absolute atomic E-state index is 11.3. The number of pyridine rings is 1. The third-order valence-corrected chi connectivity index (χ3v) is 4.15. The summed E-state index contributed by atoms with van der Waals surface area (Å²) in [6.07, 6.45) is 6.68. The van der Waals surface area contributed by atoms with E-state index in [0.29, 0.717) is 12.3 Å². The summed E-state index contributed by atoms with van der Waals surface area (Å²) in [5.74, 6) is 1.65. The molecule has 2 aliphatic rings. The van der Waals surface area contributed by atoms with Gasteiger partial charge in [-0.1, -0.05) is 6.92 Å². The summed E-state index contributed by atoms with van der Waals surface area (Å²) >= 11 is 0. The number of amides is 1. The van der Waals surface area contributed by atoms with Gasteiger partial charge in [0.05, 0.1) is 12.8 Å². The van der Waals surface area contributed by atoms with Crippen LogP contribution in [-0.4, -0.2) is 24.0 Å². The van der Waals surface area contributed by atoms with Crippen LogP contribution in [0, 0.1) is 0 Å².